The normalized spacial score (nSPS) is 10.8. The zero-order valence-electron chi connectivity index (χ0n) is 16.2. The molecule has 6 nitrogen and oxygen atoms in total. The Morgan fingerprint density at radius 1 is 1.10 bits per heavy atom. The third-order valence-electron chi connectivity index (χ3n) is 4.81. The molecule has 1 amide bonds. The van der Waals surface area contributed by atoms with E-state index in [4.69, 9.17) is 4.74 Å². The maximum Gasteiger partial charge on any atom is 0.258 e. The molecule has 0 bridgehead atoms. The van der Waals surface area contributed by atoms with Crippen LogP contribution < -0.4 is 15.6 Å². The van der Waals surface area contributed by atoms with Crippen molar-refractivity contribution in [2.75, 3.05) is 5.32 Å². The molecule has 146 valence electrons. The van der Waals surface area contributed by atoms with Gasteiger partial charge in [0.15, 0.2) is 0 Å². The zero-order chi connectivity index (χ0) is 20.4. The monoisotopic (exact) mass is 387 g/mol. The van der Waals surface area contributed by atoms with Crippen molar-refractivity contribution >= 4 is 22.5 Å². The summed E-state index contributed by atoms with van der Waals surface area (Å²) in [6.07, 6.45) is 3.33. The Balaban J connectivity index is 1.50. The number of hydrogen-bond acceptors (Lipinski definition) is 3. The number of fused-ring (bicyclic) bond motifs is 1. The minimum absolute atomic E-state index is 0.277. The molecule has 0 saturated heterocycles. The Morgan fingerprint density at radius 2 is 1.83 bits per heavy atom. The Bertz CT molecular complexity index is 1220. The van der Waals surface area contributed by atoms with E-state index in [-0.39, 0.29) is 11.5 Å². The molecule has 2 aromatic heterocycles. The average molecular weight is 387 g/mol. The van der Waals surface area contributed by atoms with Crippen LogP contribution in [0, 0.1) is 6.92 Å². The van der Waals surface area contributed by atoms with Crippen LogP contribution in [0.2, 0.25) is 0 Å². The van der Waals surface area contributed by atoms with Gasteiger partial charge in [0.25, 0.3) is 11.5 Å². The molecule has 0 radical (unpaired) electrons. The van der Waals surface area contributed by atoms with Crippen molar-refractivity contribution in [1.29, 1.82) is 0 Å². The van der Waals surface area contributed by atoms with Crippen LogP contribution in [0.1, 0.15) is 21.5 Å². The van der Waals surface area contributed by atoms with Crippen molar-refractivity contribution in [3.8, 4) is 5.75 Å². The van der Waals surface area contributed by atoms with Crippen LogP contribution in [0.15, 0.2) is 71.8 Å². The summed E-state index contributed by atoms with van der Waals surface area (Å²) in [6, 6.07) is 17.1. The number of H-pyrrole nitrogens is 1. The second-order valence-electron chi connectivity index (χ2n) is 6.93. The van der Waals surface area contributed by atoms with Gasteiger partial charge < -0.3 is 19.6 Å². The number of aromatic nitrogens is 2. The average Bonchev–Trinajstić information content (AvgIpc) is 3.10. The lowest BCUT2D eigenvalue weighted by molar-refractivity contribution is 0.102. The van der Waals surface area contributed by atoms with E-state index in [2.05, 4.69) is 10.3 Å². The van der Waals surface area contributed by atoms with Crippen LogP contribution >= 0.6 is 0 Å². The Kier molecular flexibility index (Phi) is 4.91. The van der Waals surface area contributed by atoms with Crippen LogP contribution in [-0.4, -0.2) is 15.5 Å². The zero-order valence-corrected chi connectivity index (χ0v) is 16.2. The maximum atomic E-state index is 12.8. The number of pyridine rings is 1. The predicted octanol–water partition coefficient (Wildman–Crippen LogP) is 4.01. The number of hydrogen-bond donors (Lipinski definition) is 2. The molecule has 2 N–H and O–H groups in total. The van der Waals surface area contributed by atoms with Gasteiger partial charge in [-0.05, 0) is 42.3 Å². The molecule has 0 spiro atoms. The first-order valence-electron chi connectivity index (χ1n) is 9.28. The lowest BCUT2D eigenvalue weighted by atomic mass is 10.1. The van der Waals surface area contributed by atoms with Crippen LogP contribution in [0.5, 0.6) is 5.75 Å². The van der Waals surface area contributed by atoms with Gasteiger partial charge in [-0.15, -0.1) is 0 Å². The van der Waals surface area contributed by atoms with E-state index >= 15 is 0 Å². The number of benzene rings is 2. The van der Waals surface area contributed by atoms with E-state index in [0.717, 1.165) is 16.6 Å². The van der Waals surface area contributed by atoms with E-state index < -0.39 is 0 Å². The Hall–Kier alpha value is -3.80. The number of amides is 1. The highest BCUT2D eigenvalue weighted by Crippen LogP contribution is 2.22. The number of rotatable bonds is 5. The highest BCUT2D eigenvalue weighted by molar-refractivity contribution is 6.13. The summed E-state index contributed by atoms with van der Waals surface area (Å²) in [4.78, 5) is 27.8. The highest BCUT2D eigenvalue weighted by Gasteiger charge is 2.18. The molecule has 4 aromatic rings. The van der Waals surface area contributed by atoms with Crippen LogP contribution in [0.3, 0.4) is 0 Å². The molecule has 0 unspecified atom stereocenters. The number of ether oxygens (including phenoxy) is 1. The maximum absolute atomic E-state index is 12.8. The number of carbonyl (C=O) groups is 1. The summed E-state index contributed by atoms with van der Waals surface area (Å²) in [5.74, 6) is 0.383. The van der Waals surface area contributed by atoms with Crippen LogP contribution in [0.4, 0.5) is 5.69 Å². The molecular weight excluding hydrogens is 366 g/mol. The molecule has 0 aliphatic rings. The van der Waals surface area contributed by atoms with Gasteiger partial charge in [0.1, 0.15) is 12.4 Å². The van der Waals surface area contributed by atoms with Gasteiger partial charge in [0.2, 0.25) is 0 Å². The molecule has 29 heavy (non-hydrogen) atoms. The fraction of sp³-hybridized carbons (Fsp3) is 0.130. The summed E-state index contributed by atoms with van der Waals surface area (Å²) >= 11 is 0. The molecule has 6 heteroatoms. The quantitative estimate of drug-likeness (QED) is 0.543. The molecule has 0 fully saturated rings. The van der Waals surface area contributed by atoms with E-state index in [9.17, 15) is 9.59 Å². The molecular formula is C23H21N3O3. The highest BCUT2D eigenvalue weighted by atomic mass is 16.5. The molecule has 0 saturated carbocycles. The lowest BCUT2D eigenvalue weighted by Gasteiger charge is -2.08. The van der Waals surface area contributed by atoms with Gasteiger partial charge >= 0.3 is 0 Å². The molecule has 2 heterocycles. The van der Waals surface area contributed by atoms with E-state index in [0.29, 0.717) is 29.0 Å². The fourth-order valence-electron chi connectivity index (χ4n) is 3.39. The molecule has 0 aliphatic heterocycles. The van der Waals surface area contributed by atoms with Crippen molar-refractivity contribution in [3.05, 3.63) is 94.0 Å². The van der Waals surface area contributed by atoms with Crippen LogP contribution in [-0.2, 0) is 13.7 Å². The van der Waals surface area contributed by atoms with Gasteiger partial charge in [-0.2, -0.15) is 0 Å². The Labute approximate surface area is 167 Å². The minimum atomic E-state index is -0.329. The van der Waals surface area contributed by atoms with Crippen molar-refractivity contribution in [2.24, 2.45) is 7.05 Å². The van der Waals surface area contributed by atoms with E-state index in [1.165, 1.54) is 0 Å². The Morgan fingerprint density at radius 3 is 2.55 bits per heavy atom. The summed E-state index contributed by atoms with van der Waals surface area (Å²) in [5, 5.41) is 3.25. The lowest BCUT2D eigenvalue weighted by Crippen LogP contribution is -2.15. The van der Waals surface area contributed by atoms with E-state index in [1.54, 1.807) is 41.2 Å². The topological polar surface area (TPSA) is 76.1 Å². The van der Waals surface area contributed by atoms with Crippen molar-refractivity contribution in [3.63, 3.8) is 0 Å². The summed E-state index contributed by atoms with van der Waals surface area (Å²) in [7, 11) is 1.82. The molecule has 0 atom stereocenters. The number of aryl methyl sites for hydroxylation is 2. The first-order valence-corrected chi connectivity index (χ1v) is 9.28. The summed E-state index contributed by atoms with van der Waals surface area (Å²) in [5.41, 5.74) is 3.44. The fourth-order valence-corrected chi connectivity index (χ4v) is 3.39. The van der Waals surface area contributed by atoms with Gasteiger partial charge in [0.05, 0.1) is 16.5 Å². The predicted molar refractivity (Wildman–Crippen MR) is 113 cm³/mol. The number of anilines is 1. The second-order valence-corrected chi connectivity index (χ2v) is 6.93. The third-order valence-corrected chi connectivity index (χ3v) is 4.81. The van der Waals surface area contributed by atoms with Gasteiger partial charge in [0, 0.05) is 25.1 Å². The largest absolute Gasteiger partial charge is 0.489 e. The first-order chi connectivity index (χ1) is 14.0. The van der Waals surface area contributed by atoms with Gasteiger partial charge in [-0.3, -0.25) is 9.59 Å². The molecule has 0 aliphatic carbocycles. The number of carbonyl (C=O) groups excluding carboxylic acids is 1. The van der Waals surface area contributed by atoms with Gasteiger partial charge in [-0.1, -0.05) is 30.3 Å². The minimum Gasteiger partial charge on any atom is -0.489 e. The summed E-state index contributed by atoms with van der Waals surface area (Å²) < 4.78 is 7.57. The standard InChI is InChI=1S/C23H21N3O3/c1-15-12-24-23(28)20-19(13-26(2)21(15)20)22(27)25-17-8-10-18(11-9-17)29-14-16-6-4-3-5-7-16/h3-13H,14H2,1-2H3,(H,24,28)(H,25,27). The van der Waals surface area contributed by atoms with E-state index in [1.807, 2.05) is 44.3 Å². The number of nitrogens with zero attached hydrogens (tertiary/aromatic N) is 1. The molecule has 4 rings (SSSR count). The SMILES string of the molecule is Cc1c[nH]c(=O)c2c(C(=O)Nc3ccc(OCc4ccccc4)cc3)cn(C)c12. The third kappa shape index (κ3) is 3.78. The van der Waals surface area contributed by atoms with Crippen molar-refractivity contribution < 1.29 is 9.53 Å². The number of nitrogens with one attached hydrogen (secondary N) is 2. The molecule has 2 aromatic carbocycles. The van der Waals surface area contributed by atoms with Crippen molar-refractivity contribution in [1.82, 2.24) is 9.55 Å². The number of aromatic amines is 1. The van der Waals surface area contributed by atoms with Crippen molar-refractivity contribution in [2.45, 2.75) is 13.5 Å². The smallest absolute Gasteiger partial charge is 0.258 e. The van der Waals surface area contributed by atoms with Crippen LogP contribution in [0.25, 0.3) is 10.9 Å². The van der Waals surface area contributed by atoms with Gasteiger partial charge in [-0.25, -0.2) is 0 Å². The summed E-state index contributed by atoms with van der Waals surface area (Å²) in [6.45, 7) is 2.37. The second kappa shape index (κ2) is 7.67. The first kappa shape index (κ1) is 18.6.